The predicted octanol–water partition coefficient (Wildman–Crippen LogP) is 5.49. The molecule has 3 unspecified atom stereocenters. The van der Waals surface area contributed by atoms with Crippen LogP contribution in [0, 0.1) is 11.8 Å². The minimum absolute atomic E-state index is 0.0487. The van der Waals surface area contributed by atoms with Crippen LogP contribution < -0.4 is 4.90 Å². The molecule has 7 nitrogen and oxygen atoms in total. The number of aliphatic hydroxyl groups is 1. The van der Waals surface area contributed by atoms with Gasteiger partial charge in [-0.15, -0.1) is 24.9 Å². The van der Waals surface area contributed by atoms with Crippen molar-refractivity contribution < 1.29 is 19.5 Å². The van der Waals surface area contributed by atoms with Gasteiger partial charge in [-0.2, -0.15) is 0 Å². The number of rotatable bonds is 14. The largest absolute Gasteiger partial charge is 0.394 e. The Bertz CT molecular complexity index is 1400. The van der Waals surface area contributed by atoms with Gasteiger partial charge in [0.2, 0.25) is 17.7 Å². The topological polar surface area (TPSA) is 81.2 Å². The van der Waals surface area contributed by atoms with Crippen molar-refractivity contribution in [1.29, 1.82) is 0 Å². The molecule has 2 aromatic rings. The van der Waals surface area contributed by atoms with E-state index in [-0.39, 0.29) is 30.4 Å². The molecule has 0 aliphatic carbocycles. The van der Waals surface area contributed by atoms with Crippen molar-refractivity contribution in [3.8, 4) is 0 Å². The summed E-state index contributed by atoms with van der Waals surface area (Å²) in [5.41, 5.74) is 1.73. The van der Waals surface area contributed by atoms with Crippen LogP contribution in [0.2, 0.25) is 0 Å². The molecule has 240 valence electrons. The predicted molar refractivity (Wildman–Crippen MR) is 182 cm³/mol. The average Bonchev–Trinajstić information content (AvgIpc) is 3.62. The van der Waals surface area contributed by atoms with E-state index in [1.807, 2.05) is 65.6 Å². The number of fused-ring (bicyclic) bond motifs is 1. The minimum Gasteiger partial charge on any atom is -0.394 e. The van der Waals surface area contributed by atoms with Crippen LogP contribution in [0.3, 0.4) is 0 Å². The first-order valence-corrected chi connectivity index (χ1v) is 17.0. The second-order valence-electron chi connectivity index (χ2n) is 13.0. The first-order valence-electron chi connectivity index (χ1n) is 16.2. The molecule has 8 heteroatoms. The van der Waals surface area contributed by atoms with E-state index in [2.05, 4.69) is 33.9 Å². The number of carbonyl (C=O) groups excluding carboxylic acids is 3. The lowest BCUT2D eigenvalue weighted by molar-refractivity contribution is -0.146. The van der Waals surface area contributed by atoms with Crippen LogP contribution in [0.15, 0.2) is 86.0 Å². The van der Waals surface area contributed by atoms with Crippen molar-refractivity contribution in [2.45, 2.75) is 80.5 Å². The Kier molecular flexibility index (Phi) is 9.94. The fourth-order valence-corrected chi connectivity index (χ4v) is 10.5. The Hall–Kier alpha value is -3.36. The second kappa shape index (κ2) is 13.6. The standard InChI is InChI=1S/C37H47N3O4S/c1-6-15-26(4)38(22-7-2)35(44)32-37-21-20-36(5,45-37)30(33(42)39(23-8-3)28-18-13-10-14-19-28)31(37)34(43)40(32)29(25-41)24-27-16-11-9-12-17-27/h7-14,16-19,26,29-32,41H,2-3,6,15,20-25H2,1,4-5H3/t26?,29-,30-,31+,32?,36+,37?/m1/s1. The monoisotopic (exact) mass is 629 g/mol. The number of nitrogens with zero attached hydrogens (tertiary/aromatic N) is 3. The Morgan fingerprint density at radius 1 is 1.04 bits per heavy atom. The molecule has 45 heavy (non-hydrogen) atoms. The summed E-state index contributed by atoms with van der Waals surface area (Å²) in [5, 5.41) is 10.8. The highest BCUT2D eigenvalue weighted by Gasteiger charge is 2.78. The number of likely N-dealkylation sites (tertiary alicyclic amines) is 1. The molecule has 3 heterocycles. The van der Waals surface area contributed by atoms with Crippen molar-refractivity contribution in [3.63, 3.8) is 0 Å². The maximum absolute atomic E-state index is 14.9. The van der Waals surface area contributed by atoms with Crippen LogP contribution in [-0.4, -0.2) is 79.9 Å². The normalized spacial score (nSPS) is 28.0. The molecule has 3 amide bonds. The smallest absolute Gasteiger partial charge is 0.247 e. The van der Waals surface area contributed by atoms with Crippen molar-refractivity contribution >= 4 is 35.2 Å². The SMILES string of the molecule is C=CCN(C(=O)[C@H]1[C@H]2C(=O)N([C@@H](CO)Cc3ccccc3)C(C(=O)N(CC=C)C(C)CCC)C23CC[C@]1(C)S3)c1ccccc1. The number of carbonyl (C=O) groups is 3. The van der Waals surface area contributed by atoms with Crippen molar-refractivity contribution in [2.24, 2.45) is 11.8 Å². The molecule has 3 fully saturated rings. The fourth-order valence-electron chi connectivity index (χ4n) is 8.13. The molecule has 0 radical (unpaired) electrons. The van der Waals surface area contributed by atoms with Crippen LogP contribution in [0.1, 0.15) is 52.0 Å². The third kappa shape index (κ3) is 5.76. The molecule has 3 aliphatic heterocycles. The van der Waals surface area contributed by atoms with Gasteiger partial charge in [-0.1, -0.05) is 74.0 Å². The van der Waals surface area contributed by atoms with E-state index in [4.69, 9.17) is 0 Å². The molecule has 0 aromatic heterocycles. The summed E-state index contributed by atoms with van der Waals surface area (Å²) in [5.74, 6) is -1.74. The average molecular weight is 630 g/mol. The van der Waals surface area contributed by atoms with Gasteiger partial charge in [0.05, 0.1) is 29.2 Å². The lowest BCUT2D eigenvalue weighted by Crippen LogP contribution is -2.59. The zero-order chi connectivity index (χ0) is 32.4. The first kappa shape index (κ1) is 33.0. The van der Waals surface area contributed by atoms with Crippen molar-refractivity contribution in [1.82, 2.24) is 9.80 Å². The number of para-hydroxylation sites is 1. The van der Waals surface area contributed by atoms with Gasteiger partial charge in [0.1, 0.15) is 6.04 Å². The third-order valence-corrected chi connectivity index (χ3v) is 12.1. The van der Waals surface area contributed by atoms with Gasteiger partial charge in [-0.3, -0.25) is 14.4 Å². The molecule has 1 N–H and O–H groups in total. The number of amides is 3. The summed E-state index contributed by atoms with van der Waals surface area (Å²) >= 11 is 1.67. The Morgan fingerprint density at radius 2 is 1.69 bits per heavy atom. The van der Waals surface area contributed by atoms with E-state index < -0.39 is 33.4 Å². The van der Waals surface area contributed by atoms with E-state index in [1.54, 1.807) is 33.7 Å². The summed E-state index contributed by atoms with van der Waals surface area (Å²) < 4.78 is -1.29. The lowest BCUT2D eigenvalue weighted by atomic mass is 9.66. The molecule has 2 aromatic carbocycles. The van der Waals surface area contributed by atoms with Gasteiger partial charge in [0.15, 0.2) is 0 Å². The van der Waals surface area contributed by atoms with Crippen LogP contribution in [0.25, 0.3) is 0 Å². The first-order chi connectivity index (χ1) is 21.7. The van der Waals surface area contributed by atoms with Gasteiger partial charge in [-0.25, -0.2) is 0 Å². The highest BCUT2D eigenvalue weighted by Crippen LogP contribution is 2.72. The molecular formula is C37H47N3O4S. The fraction of sp³-hybridized carbons (Fsp3) is 0.486. The molecule has 2 bridgehead atoms. The maximum Gasteiger partial charge on any atom is 0.247 e. The number of hydrogen-bond donors (Lipinski definition) is 1. The van der Waals surface area contributed by atoms with Gasteiger partial charge >= 0.3 is 0 Å². The Labute approximate surface area is 272 Å². The van der Waals surface area contributed by atoms with Crippen LogP contribution in [0.5, 0.6) is 0 Å². The van der Waals surface area contributed by atoms with Crippen LogP contribution in [-0.2, 0) is 20.8 Å². The number of hydrogen-bond acceptors (Lipinski definition) is 5. The van der Waals surface area contributed by atoms with Crippen LogP contribution in [0.4, 0.5) is 5.69 Å². The van der Waals surface area contributed by atoms with Crippen molar-refractivity contribution in [3.05, 3.63) is 91.5 Å². The van der Waals surface area contributed by atoms with E-state index in [0.29, 0.717) is 25.9 Å². The second-order valence-corrected chi connectivity index (χ2v) is 14.9. The summed E-state index contributed by atoms with van der Waals surface area (Å²) in [4.78, 5) is 49.8. The highest BCUT2D eigenvalue weighted by molar-refractivity contribution is 8.02. The zero-order valence-corrected chi connectivity index (χ0v) is 27.6. The lowest BCUT2D eigenvalue weighted by Gasteiger charge is -2.41. The van der Waals surface area contributed by atoms with Crippen molar-refractivity contribution in [2.75, 3.05) is 24.6 Å². The van der Waals surface area contributed by atoms with E-state index >= 15 is 0 Å². The van der Waals surface area contributed by atoms with Crippen LogP contribution >= 0.6 is 11.8 Å². The number of benzene rings is 2. The minimum atomic E-state index is -0.802. The van der Waals surface area contributed by atoms with Gasteiger partial charge in [0.25, 0.3) is 0 Å². The van der Waals surface area contributed by atoms with E-state index in [0.717, 1.165) is 30.5 Å². The molecule has 7 atom stereocenters. The Morgan fingerprint density at radius 3 is 2.29 bits per heavy atom. The van der Waals surface area contributed by atoms with Gasteiger partial charge < -0.3 is 19.8 Å². The zero-order valence-electron chi connectivity index (χ0n) is 26.8. The number of thioether (sulfide) groups is 1. The molecule has 3 saturated heterocycles. The maximum atomic E-state index is 14.9. The van der Waals surface area contributed by atoms with E-state index in [9.17, 15) is 19.5 Å². The Balaban J connectivity index is 1.62. The third-order valence-electron chi connectivity index (χ3n) is 10.1. The quantitative estimate of drug-likeness (QED) is 0.280. The van der Waals surface area contributed by atoms with E-state index in [1.165, 1.54) is 0 Å². The highest BCUT2D eigenvalue weighted by atomic mass is 32.2. The van der Waals surface area contributed by atoms with Gasteiger partial charge in [-0.05, 0) is 57.2 Å². The molecule has 5 rings (SSSR count). The molecular weight excluding hydrogens is 582 g/mol. The summed E-state index contributed by atoms with van der Waals surface area (Å²) in [6.07, 6.45) is 6.98. The summed E-state index contributed by atoms with van der Waals surface area (Å²) in [6, 6.07) is 17.8. The summed E-state index contributed by atoms with van der Waals surface area (Å²) in [7, 11) is 0. The molecule has 1 spiro atoms. The molecule has 0 saturated carbocycles. The number of anilines is 1. The summed E-state index contributed by atoms with van der Waals surface area (Å²) in [6.45, 7) is 14.5. The number of aliphatic hydroxyl groups excluding tert-OH is 1. The van der Waals surface area contributed by atoms with Gasteiger partial charge in [0, 0.05) is 29.6 Å². The molecule has 3 aliphatic rings.